The van der Waals surface area contributed by atoms with Gasteiger partial charge in [0.15, 0.2) is 4.34 Å². The van der Waals surface area contributed by atoms with Gasteiger partial charge in [-0.25, -0.2) is 13.1 Å². The number of halogens is 1. The number of nitrogens with one attached hydrogen (secondary N) is 1. The van der Waals surface area contributed by atoms with Crippen LogP contribution in [-0.2, 0) is 16.6 Å². The minimum atomic E-state index is -3.84. The maximum absolute atomic E-state index is 12.6. The molecule has 10 heteroatoms. The molecular formula is C16H18ClN3O4S2. The number of sulfonamides is 1. The Balaban J connectivity index is 1.67. The van der Waals surface area contributed by atoms with Crippen LogP contribution in [0.4, 0.5) is 5.69 Å². The van der Waals surface area contributed by atoms with Crippen molar-refractivity contribution in [3.8, 4) is 0 Å². The molecule has 1 aliphatic rings. The van der Waals surface area contributed by atoms with Crippen LogP contribution in [0, 0.1) is 10.1 Å². The summed E-state index contributed by atoms with van der Waals surface area (Å²) >= 11 is 6.48. The van der Waals surface area contributed by atoms with E-state index in [2.05, 4.69) is 9.62 Å². The van der Waals surface area contributed by atoms with Crippen LogP contribution in [-0.4, -0.2) is 37.4 Å². The van der Waals surface area contributed by atoms with Gasteiger partial charge in [-0.05, 0) is 24.9 Å². The standard InChI is InChI=1S/C16H18ClN3O4S2/c17-16-14(20(21)22)9-15(25-16)26(23,24)18-13-7-4-8-19(11-13)10-12-5-2-1-3-6-12/h1-3,5-6,9,13,18H,4,7-8,10-11H2. The van der Waals surface area contributed by atoms with Crippen LogP contribution in [0.5, 0.6) is 0 Å². The Morgan fingerprint density at radius 2 is 2.08 bits per heavy atom. The number of thiophene rings is 1. The zero-order chi connectivity index (χ0) is 18.7. The summed E-state index contributed by atoms with van der Waals surface area (Å²) in [7, 11) is -3.84. The van der Waals surface area contributed by atoms with Gasteiger partial charge in [-0.1, -0.05) is 41.9 Å². The summed E-state index contributed by atoms with van der Waals surface area (Å²) in [4.78, 5) is 12.4. The van der Waals surface area contributed by atoms with E-state index < -0.39 is 14.9 Å². The van der Waals surface area contributed by atoms with Crippen molar-refractivity contribution in [2.75, 3.05) is 13.1 Å². The van der Waals surface area contributed by atoms with Gasteiger partial charge in [-0.3, -0.25) is 15.0 Å². The van der Waals surface area contributed by atoms with E-state index in [1.54, 1.807) is 0 Å². The number of rotatable bonds is 6. The van der Waals surface area contributed by atoms with Gasteiger partial charge in [0, 0.05) is 25.2 Å². The molecule has 3 rings (SSSR count). The van der Waals surface area contributed by atoms with Crippen molar-refractivity contribution >= 4 is 38.6 Å². The Morgan fingerprint density at radius 3 is 2.73 bits per heavy atom. The Labute approximate surface area is 160 Å². The largest absolute Gasteiger partial charge is 0.300 e. The fraction of sp³-hybridized carbons (Fsp3) is 0.375. The monoisotopic (exact) mass is 415 g/mol. The lowest BCUT2D eigenvalue weighted by Gasteiger charge is -2.32. The molecule has 2 aromatic rings. The molecule has 1 aliphatic heterocycles. The van der Waals surface area contributed by atoms with Gasteiger partial charge >= 0.3 is 0 Å². The lowest BCUT2D eigenvalue weighted by atomic mass is 10.1. The van der Waals surface area contributed by atoms with E-state index in [0.29, 0.717) is 17.9 Å². The van der Waals surface area contributed by atoms with Crippen LogP contribution in [0.15, 0.2) is 40.6 Å². The van der Waals surface area contributed by atoms with Crippen LogP contribution in [0.25, 0.3) is 0 Å². The average molecular weight is 416 g/mol. The second kappa shape index (κ2) is 8.01. The second-order valence-corrected chi connectivity index (χ2v) is 9.76. The summed E-state index contributed by atoms with van der Waals surface area (Å²) in [6, 6.07) is 10.8. The summed E-state index contributed by atoms with van der Waals surface area (Å²) in [6.07, 6.45) is 1.61. The first-order chi connectivity index (χ1) is 12.3. The Morgan fingerprint density at radius 1 is 1.35 bits per heavy atom. The highest BCUT2D eigenvalue weighted by Gasteiger charge is 2.29. The summed E-state index contributed by atoms with van der Waals surface area (Å²) in [5.41, 5.74) is 0.795. The third-order valence-electron chi connectivity index (χ3n) is 4.18. The van der Waals surface area contributed by atoms with Crippen molar-refractivity contribution < 1.29 is 13.3 Å². The van der Waals surface area contributed by atoms with Gasteiger partial charge in [0.2, 0.25) is 0 Å². The zero-order valence-electron chi connectivity index (χ0n) is 13.8. The quantitative estimate of drug-likeness (QED) is 0.577. The molecule has 0 spiro atoms. The number of benzene rings is 1. The molecule has 0 amide bonds. The van der Waals surface area contributed by atoms with Gasteiger partial charge in [-0.15, -0.1) is 11.3 Å². The number of likely N-dealkylation sites (tertiary alicyclic amines) is 1. The van der Waals surface area contributed by atoms with Crippen molar-refractivity contribution in [2.45, 2.75) is 29.6 Å². The van der Waals surface area contributed by atoms with Crippen LogP contribution in [0.2, 0.25) is 4.34 Å². The van der Waals surface area contributed by atoms with Gasteiger partial charge in [-0.2, -0.15) is 0 Å². The van der Waals surface area contributed by atoms with E-state index in [9.17, 15) is 18.5 Å². The maximum Gasteiger partial charge on any atom is 0.300 e. The first-order valence-corrected chi connectivity index (χ1v) is 10.8. The van der Waals surface area contributed by atoms with Crippen molar-refractivity contribution in [1.29, 1.82) is 0 Å². The highest BCUT2D eigenvalue weighted by Crippen LogP contribution is 2.36. The summed E-state index contributed by atoms with van der Waals surface area (Å²) in [6.45, 7) is 2.26. The lowest BCUT2D eigenvalue weighted by molar-refractivity contribution is -0.384. The lowest BCUT2D eigenvalue weighted by Crippen LogP contribution is -2.47. The normalized spacial score (nSPS) is 18.7. The molecule has 140 valence electrons. The van der Waals surface area contributed by atoms with Crippen molar-refractivity contribution in [3.05, 3.63) is 56.4 Å². The van der Waals surface area contributed by atoms with E-state index >= 15 is 0 Å². The summed E-state index contributed by atoms with van der Waals surface area (Å²) < 4.78 is 27.5. The Hall–Kier alpha value is -1.52. The van der Waals surface area contributed by atoms with Crippen LogP contribution >= 0.6 is 22.9 Å². The molecule has 0 radical (unpaired) electrons. The predicted octanol–water partition coefficient (Wildman–Crippen LogP) is 3.25. The van der Waals surface area contributed by atoms with Gasteiger partial charge in [0.1, 0.15) is 4.21 Å². The van der Waals surface area contributed by atoms with E-state index in [1.165, 1.54) is 5.56 Å². The van der Waals surface area contributed by atoms with Crippen molar-refractivity contribution in [2.24, 2.45) is 0 Å². The third-order valence-corrected chi connectivity index (χ3v) is 7.52. The first kappa shape index (κ1) is 19.2. The second-order valence-electron chi connectivity index (χ2n) is 6.16. The highest BCUT2D eigenvalue weighted by molar-refractivity contribution is 7.91. The van der Waals surface area contributed by atoms with Crippen LogP contribution in [0.1, 0.15) is 18.4 Å². The van der Waals surface area contributed by atoms with E-state index in [4.69, 9.17) is 11.6 Å². The molecule has 0 aliphatic carbocycles. The van der Waals surface area contributed by atoms with Crippen molar-refractivity contribution in [1.82, 2.24) is 9.62 Å². The molecule has 1 fully saturated rings. The molecule has 1 saturated heterocycles. The number of nitrogens with zero attached hydrogens (tertiary/aromatic N) is 2. The summed E-state index contributed by atoms with van der Waals surface area (Å²) in [5.74, 6) is 0. The van der Waals surface area contributed by atoms with E-state index in [1.807, 2.05) is 30.3 Å². The topological polar surface area (TPSA) is 92.5 Å². The molecule has 0 bridgehead atoms. The zero-order valence-corrected chi connectivity index (χ0v) is 16.2. The molecule has 1 aromatic heterocycles. The van der Waals surface area contributed by atoms with Gasteiger partial charge < -0.3 is 0 Å². The molecule has 2 heterocycles. The minimum absolute atomic E-state index is 0.130. The van der Waals surface area contributed by atoms with Crippen molar-refractivity contribution in [3.63, 3.8) is 0 Å². The molecule has 1 atom stereocenters. The summed E-state index contributed by atoms with van der Waals surface area (Å²) in [5, 5.41) is 10.9. The molecule has 1 N–H and O–H groups in total. The number of hydrogen-bond acceptors (Lipinski definition) is 6. The molecular weight excluding hydrogens is 398 g/mol. The van der Waals surface area contributed by atoms with Crippen LogP contribution < -0.4 is 4.72 Å². The third kappa shape index (κ3) is 4.60. The van der Waals surface area contributed by atoms with Gasteiger partial charge in [0.05, 0.1) is 4.92 Å². The SMILES string of the molecule is O=[N+]([O-])c1cc(S(=O)(=O)NC2CCCN(Cc3ccccc3)C2)sc1Cl. The highest BCUT2D eigenvalue weighted by atomic mass is 35.5. The number of piperidine rings is 1. The molecule has 1 aromatic carbocycles. The predicted molar refractivity (Wildman–Crippen MR) is 101 cm³/mol. The van der Waals surface area contributed by atoms with Gasteiger partial charge in [0.25, 0.3) is 15.7 Å². The average Bonchev–Trinajstić information content (AvgIpc) is 2.99. The van der Waals surface area contributed by atoms with E-state index in [0.717, 1.165) is 32.0 Å². The Kier molecular flexibility index (Phi) is 5.93. The molecule has 7 nitrogen and oxygen atoms in total. The molecule has 0 saturated carbocycles. The number of nitro groups is 1. The maximum atomic E-state index is 12.6. The minimum Gasteiger partial charge on any atom is -0.298 e. The first-order valence-electron chi connectivity index (χ1n) is 8.07. The Bertz CT molecular complexity index is 886. The number of hydrogen-bond donors (Lipinski definition) is 1. The fourth-order valence-corrected chi connectivity index (χ4v) is 5.95. The molecule has 1 unspecified atom stereocenters. The van der Waals surface area contributed by atoms with E-state index in [-0.39, 0.29) is 20.3 Å². The van der Waals surface area contributed by atoms with Crippen LogP contribution in [0.3, 0.4) is 0 Å². The molecule has 26 heavy (non-hydrogen) atoms. The smallest absolute Gasteiger partial charge is 0.298 e. The fourth-order valence-electron chi connectivity index (χ4n) is 3.01.